The quantitative estimate of drug-likeness (QED) is 0.632. The van der Waals surface area contributed by atoms with Crippen molar-refractivity contribution in [3.8, 4) is 0 Å². The zero-order valence-electron chi connectivity index (χ0n) is 15.4. The fraction of sp³-hybridized carbons (Fsp3) is 0.500. The van der Waals surface area contributed by atoms with Gasteiger partial charge >= 0.3 is 0 Å². The molecule has 1 saturated heterocycles. The van der Waals surface area contributed by atoms with Crippen LogP contribution in [0.15, 0.2) is 24.4 Å². The third kappa shape index (κ3) is 3.44. The van der Waals surface area contributed by atoms with Crippen LogP contribution in [-0.2, 0) is 0 Å². The molecule has 11 heteroatoms. The van der Waals surface area contributed by atoms with Crippen LogP contribution in [0, 0.1) is 0 Å². The summed E-state index contributed by atoms with van der Waals surface area (Å²) >= 11 is 0. The van der Waals surface area contributed by atoms with Crippen molar-refractivity contribution in [2.24, 2.45) is 0 Å². The third-order valence-corrected chi connectivity index (χ3v) is 4.62. The molecule has 0 aromatic carbocycles. The van der Waals surface area contributed by atoms with Crippen molar-refractivity contribution in [3.05, 3.63) is 24.4 Å². The number of nitrogens with zero attached hydrogens (tertiary/aromatic N) is 10. The lowest BCUT2D eigenvalue weighted by Crippen LogP contribution is -2.40. The van der Waals surface area contributed by atoms with E-state index in [2.05, 4.69) is 30.6 Å². The molecule has 0 aliphatic carbocycles. The number of hydrogen-bond donors (Lipinski definition) is 0. The van der Waals surface area contributed by atoms with Crippen LogP contribution in [0.4, 0.5) is 22.0 Å². The number of rotatable bonds is 5. The van der Waals surface area contributed by atoms with Gasteiger partial charge in [-0.1, -0.05) is 0 Å². The fourth-order valence-corrected chi connectivity index (χ4v) is 3.28. The van der Waals surface area contributed by atoms with Crippen LogP contribution in [0.2, 0.25) is 0 Å². The highest BCUT2D eigenvalue weighted by Crippen LogP contribution is 2.27. The van der Waals surface area contributed by atoms with Crippen LogP contribution < -0.4 is 14.7 Å². The number of aromatic nitrogens is 7. The van der Waals surface area contributed by atoms with E-state index in [0.717, 1.165) is 5.82 Å². The molecular formula is C16H21FN10. The maximum absolute atomic E-state index is 14.2. The smallest absolute Gasteiger partial charge is 0.226 e. The summed E-state index contributed by atoms with van der Waals surface area (Å²) in [6.45, 7) is 0.921. The van der Waals surface area contributed by atoms with E-state index in [9.17, 15) is 4.39 Å². The first kappa shape index (κ1) is 17.3. The molecule has 0 N–H and O–H groups in total. The summed E-state index contributed by atoms with van der Waals surface area (Å²) in [6.07, 6.45) is 1.26. The SMILES string of the molecule is CN(C)c1nccc(N2C[C@@H](F)C[C@H]2CN(C)c2ccc3nnnn3n2)n1. The molecule has 1 aliphatic rings. The first-order valence-corrected chi connectivity index (χ1v) is 8.69. The van der Waals surface area contributed by atoms with Crippen molar-refractivity contribution in [2.45, 2.75) is 18.6 Å². The van der Waals surface area contributed by atoms with Crippen LogP contribution in [-0.4, -0.2) is 81.7 Å². The number of fused-ring (bicyclic) bond motifs is 1. The van der Waals surface area contributed by atoms with Crippen molar-refractivity contribution in [1.29, 1.82) is 0 Å². The maximum atomic E-state index is 14.2. The molecule has 1 fully saturated rings. The topological polar surface area (TPSA) is 91.5 Å². The molecule has 1 aliphatic heterocycles. The van der Waals surface area contributed by atoms with Crippen LogP contribution in [0.5, 0.6) is 0 Å². The largest absolute Gasteiger partial charge is 0.356 e. The molecule has 0 spiro atoms. The molecule has 142 valence electrons. The summed E-state index contributed by atoms with van der Waals surface area (Å²) in [5.74, 6) is 2.05. The lowest BCUT2D eigenvalue weighted by molar-refractivity contribution is 0.356. The highest BCUT2D eigenvalue weighted by Gasteiger charge is 2.34. The molecule has 0 unspecified atom stereocenters. The van der Waals surface area contributed by atoms with Gasteiger partial charge in [-0.15, -0.1) is 14.8 Å². The monoisotopic (exact) mass is 372 g/mol. The summed E-state index contributed by atoms with van der Waals surface area (Å²) in [7, 11) is 5.69. The predicted molar refractivity (Wildman–Crippen MR) is 98.9 cm³/mol. The van der Waals surface area contributed by atoms with Crippen LogP contribution in [0.1, 0.15) is 6.42 Å². The average molecular weight is 372 g/mol. The third-order valence-electron chi connectivity index (χ3n) is 4.62. The summed E-state index contributed by atoms with van der Waals surface area (Å²) < 4.78 is 15.6. The first-order valence-electron chi connectivity index (χ1n) is 8.69. The van der Waals surface area contributed by atoms with Crippen molar-refractivity contribution in [2.75, 3.05) is 48.9 Å². The molecule has 4 heterocycles. The van der Waals surface area contributed by atoms with Crippen molar-refractivity contribution in [3.63, 3.8) is 0 Å². The molecule has 27 heavy (non-hydrogen) atoms. The Bertz CT molecular complexity index is 928. The van der Waals surface area contributed by atoms with Crippen molar-refractivity contribution >= 4 is 23.2 Å². The molecule has 4 rings (SSSR count). The number of likely N-dealkylation sites (N-methyl/N-ethyl adjacent to an activating group) is 1. The molecular weight excluding hydrogens is 351 g/mol. The zero-order valence-corrected chi connectivity index (χ0v) is 15.4. The zero-order chi connectivity index (χ0) is 19.0. The summed E-state index contributed by atoms with van der Waals surface area (Å²) in [5, 5.41) is 15.7. The molecule has 0 radical (unpaired) electrons. The Morgan fingerprint density at radius 2 is 2.07 bits per heavy atom. The summed E-state index contributed by atoms with van der Waals surface area (Å²) in [4.78, 5) is 14.6. The second kappa shape index (κ2) is 6.89. The maximum Gasteiger partial charge on any atom is 0.226 e. The Hall–Kier alpha value is -3.11. The number of tetrazole rings is 1. The molecule has 0 bridgehead atoms. The van der Waals surface area contributed by atoms with Crippen molar-refractivity contribution < 1.29 is 4.39 Å². The lowest BCUT2D eigenvalue weighted by Gasteiger charge is -2.29. The minimum Gasteiger partial charge on any atom is -0.356 e. The van der Waals surface area contributed by atoms with Gasteiger partial charge in [-0.2, -0.15) is 4.98 Å². The van der Waals surface area contributed by atoms with Gasteiger partial charge in [0.25, 0.3) is 0 Å². The molecule has 0 amide bonds. The molecule has 2 atom stereocenters. The van der Waals surface area contributed by atoms with E-state index in [1.54, 1.807) is 12.3 Å². The number of hydrogen-bond acceptors (Lipinski definition) is 9. The minimum absolute atomic E-state index is 0.0266. The van der Waals surface area contributed by atoms with Crippen LogP contribution in [0.3, 0.4) is 0 Å². The van der Waals surface area contributed by atoms with Gasteiger partial charge in [0.1, 0.15) is 12.0 Å². The van der Waals surface area contributed by atoms with Gasteiger partial charge in [-0.25, -0.2) is 9.37 Å². The average Bonchev–Trinajstić information content (AvgIpc) is 3.27. The van der Waals surface area contributed by atoms with Crippen LogP contribution in [0.25, 0.3) is 5.65 Å². The number of alkyl halides is 1. The standard InChI is InChI=1S/C16H21FN10/c1-24(2)16-18-7-6-13(19-16)26-9-11(17)8-12(26)10-25(3)15-5-4-14-20-22-23-27(14)21-15/h4-7,11-12H,8-10H2,1-3H3/t11-,12-/m0/s1. The van der Waals surface area contributed by atoms with E-state index in [0.29, 0.717) is 36.9 Å². The Kier molecular flexibility index (Phi) is 4.42. The van der Waals surface area contributed by atoms with Crippen LogP contribution >= 0.6 is 0 Å². The number of anilines is 3. The van der Waals surface area contributed by atoms with Gasteiger partial charge in [-0.05, 0) is 28.6 Å². The van der Waals surface area contributed by atoms with Gasteiger partial charge in [0.05, 0.1) is 12.6 Å². The Labute approximate surface area is 155 Å². The first-order chi connectivity index (χ1) is 13.0. The second-order valence-electron chi connectivity index (χ2n) is 6.85. The second-order valence-corrected chi connectivity index (χ2v) is 6.85. The van der Waals surface area contributed by atoms with E-state index in [-0.39, 0.29) is 6.04 Å². The highest BCUT2D eigenvalue weighted by atomic mass is 19.1. The normalized spacial score (nSPS) is 19.6. The highest BCUT2D eigenvalue weighted by molar-refractivity contribution is 5.48. The minimum atomic E-state index is -0.892. The predicted octanol–water partition coefficient (Wildman–Crippen LogP) is 0.428. The Morgan fingerprint density at radius 1 is 1.22 bits per heavy atom. The van der Waals surface area contributed by atoms with Gasteiger partial charge in [0.15, 0.2) is 11.5 Å². The number of halogens is 1. The van der Waals surface area contributed by atoms with E-state index in [4.69, 9.17) is 0 Å². The van der Waals surface area contributed by atoms with Crippen molar-refractivity contribution in [1.82, 2.24) is 35.2 Å². The van der Waals surface area contributed by atoms with Gasteiger partial charge in [0, 0.05) is 40.3 Å². The van der Waals surface area contributed by atoms with E-state index < -0.39 is 6.17 Å². The summed E-state index contributed by atoms with van der Waals surface area (Å²) in [6, 6.07) is 5.45. The van der Waals surface area contributed by atoms with E-state index >= 15 is 0 Å². The van der Waals surface area contributed by atoms with Gasteiger partial charge in [-0.3, -0.25) is 0 Å². The Morgan fingerprint density at radius 3 is 2.89 bits per heavy atom. The van der Waals surface area contributed by atoms with Gasteiger partial charge < -0.3 is 14.7 Å². The fourth-order valence-electron chi connectivity index (χ4n) is 3.28. The molecule has 0 saturated carbocycles. The van der Waals surface area contributed by atoms with E-state index in [1.165, 1.54) is 4.63 Å². The Balaban J connectivity index is 1.55. The van der Waals surface area contributed by atoms with Gasteiger partial charge in [0.2, 0.25) is 5.95 Å². The molecule has 3 aromatic rings. The van der Waals surface area contributed by atoms with E-state index in [1.807, 2.05) is 48.0 Å². The molecule has 3 aromatic heterocycles. The molecule has 10 nitrogen and oxygen atoms in total. The summed E-state index contributed by atoms with van der Waals surface area (Å²) in [5.41, 5.74) is 0.579. The lowest BCUT2D eigenvalue weighted by atomic mass is 10.2.